The van der Waals surface area contributed by atoms with Gasteiger partial charge in [-0.3, -0.25) is 4.79 Å². The second kappa shape index (κ2) is 7.44. The molecule has 0 aromatic heterocycles. The Bertz CT molecular complexity index is 809. The Hall–Kier alpha value is -3.57. The Labute approximate surface area is 134 Å². The zero-order valence-electron chi connectivity index (χ0n) is 12.4. The van der Waals surface area contributed by atoms with Crippen LogP contribution >= 0.6 is 0 Å². The molecule has 0 heterocycles. The molecule has 0 spiro atoms. The van der Waals surface area contributed by atoms with Crippen LogP contribution in [0.2, 0.25) is 0 Å². The van der Waals surface area contributed by atoms with Gasteiger partial charge in [0, 0.05) is 11.3 Å². The van der Waals surface area contributed by atoms with Crippen molar-refractivity contribution in [3.05, 3.63) is 65.2 Å². The fourth-order valence-corrected chi connectivity index (χ4v) is 1.91. The monoisotopic (exact) mass is 303 g/mol. The molecule has 5 nitrogen and oxygen atoms in total. The molecule has 0 aliphatic heterocycles. The molecule has 0 aliphatic carbocycles. The van der Waals surface area contributed by atoms with E-state index in [9.17, 15) is 4.79 Å². The van der Waals surface area contributed by atoms with E-state index in [1.165, 1.54) is 6.08 Å². The number of hydrogen-bond donors (Lipinski definition) is 1. The summed E-state index contributed by atoms with van der Waals surface area (Å²) in [5, 5.41) is 20.3. The predicted octanol–water partition coefficient (Wildman–Crippen LogP) is 3.38. The fraction of sp³-hybridized carbons (Fsp3) is 0.0556. The van der Waals surface area contributed by atoms with Crippen molar-refractivity contribution in [2.45, 2.75) is 0 Å². The van der Waals surface area contributed by atoms with Gasteiger partial charge in [-0.1, -0.05) is 12.1 Å². The molecule has 0 saturated carbocycles. The third kappa shape index (κ3) is 4.20. The van der Waals surface area contributed by atoms with Crippen LogP contribution in [0.3, 0.4) is 0 Å². The van der Waals surface area contributed by atoms with Crippen LogP contribution in [0.1, 0.15) is 15.9 Å². The smallest absolute Gasteiger partial charge is 0.255 e. The van der Waals surface area contributed by atoms with Crippen molar-refractivity contribution >= 4 is 17.7 Å². The van der Waals surface area contributed by atoms with Crippen molar-refractivity contribution in [3.63, 3.8) is 0 Å². The minimum absolute atomic E-state index is 0.00336. The first-order valence-electron chi connectivity index (χ1n) is 6.73. The number of allylic oxidation sites excluding steroid dienone is 1. The van der Waals surface area contributed by atoms with Crippen molar-refractivity contribution < 1.29 is 9.53 Å². The molecule has 0 atom stereocenters. The summed E-state index contributed by atoms with van der Waals surface area (Å²) in [5.41, 5.74) is 1.75. The molecule has 0 fully saturated rings. The Morgan fingerprint density at radius 3 is 2.43 bits per heavy atom. The zero-order valence-corrected chi connectivity index (χ0v) is 12.4. The van der Waals surface area contributed by atoms with E-state index in [1.807, 2.05) is 0 Å². The van der Waals surface area contributed by atoms with E-state index in [4.69, 9.17) is 15.3 Å². The number of amides is 1. The van der Waals surface area contributed by atoms with Crippen LogP contribution in [0.15, 0.2) is 54.1 Å². The van der Waals surface area contributed by atoms with Crippen molar-refractivity contribution in [1.29, 1.82) is 10.5 Å². The molecule has 5 heteroatoms. The van der Waals surface area contributed by atoms with Crippen LogP contribution in [0.5, 0.6) is 5.75 Å². The highest BCUT2D eigenvalue weighted by Crippen LogP contribution is 2.16. The van der Waals surface area contributed by atoms with Gasteiger partial charge < -0.3 is 10.1 Å². The van der Waals surface area contributed by atoms with Gasteiger partial charge in [0.25, 0.3) is 5.91 Å². The number of methoxy groups -OCH3 is 1. The Morgan fingerprint density at radius 2 is 1.83 bits per heavy atom. The summed E-state index contributed by atoms with van der Waals surface area (Å²) >= 11 is 0. The molecule has 0 unspecified atom stereocenters. The molecule has 2 rings (SSSR count). The molecule has 1 amide bonds. The molecular formula is C18H13N3O2. The van der Waals surface area contributed by atoms with Gasteiger partial charge >= 0.3 is 0 Å². The fourth-order valence-electron chi connectivity index (χ4n) is 1.91. The SMILES string of the molecule is COc1ccc(C(=O)Nc2cccc(C=C(C#N)C#N)c2)cc1. The molecule has 0 bridgehead atoms. The van der Waals surface area contributed by atoms with E-state index in [1.54, 1.807) is 67.8 Å². The van der Waals surface area contributed by atoms with Gasteiger partial charge in [0.1, 0.15) is 23.5 Å². The van der Waals surface area contributed by atoms with Crippen LogP contribution in [-0.4, -0.2) is 13.0 Å². The second-order valence-electron chi connectivity index (χ2n) is 4.59. The highest BCUT2D eigenvalue weighted by molar-refractivity contribution is 6.04. The molecular weight excluding hydrogens is 290 g/mol. The van der Waals surface area contributed by atoms with Crippen molar-refractivity contribution in [2.75, 3.05) is 12.4 Å². The summed E-state index contributed by atoms with van der Waals surface area (Å²) in [7, 11) is 1.56. The molecule has 112 valence electrons. The highest BCUT2D eigenvalue weighted by Gasteiger charge is 2.06. The van der Waals surface area contributed by atoms with Crippen LogP contribution in [0.25, 0.3) is 6.08 Å². The first-order chi connectivity index (χ1) is 11.2. The van der Waals surface area contributed by atoms with Gasteiger partial charge in [-0.05, 0) is 48.0 Å². The average molecular weight is 303 g/mol. The van der Waals surface area contributed by atoms with Crippen LogP contribution < -0.4 is 10.1 Å². The highest BCUT2D eigenvalue weighted by atomic mass is 16.5. The maximum Gasteiger partial charge on any atom is 0.255 e. The second-order valence-corrected chi connectivity index (χ2v) is 4.59. The van der Waals surface area contributed by atoms with Crippen LogP contribution in [-0.2, 0) is 0 Å². The lowest BCUT2D eigenvalue weighted by Crippen LogP contribution is -2.11. The summed E-state index contributed by atoms with van der Waals surface area (Å²) in [4.78, 5) is 12.2. The molecule has 23 heavy (non-hydrogen) atoms. The van der Waals surface area contributed by atoms with E-state index in [0.717, 1.165) is 0 Å². The number of carbonyl (C=O) groups excluding carboxylic acids is 1. The number of ether oxygens (including phenoxy) is 1. The quantitative estimate of drug-likeness (QED) is 0.877. The zero-order chi connectivity index (χ0) is 16.7. The molecule has 0 radical (unpaired) electrons. The molecule has 0 saturated heterocycles. The molecule has 2 aromatic carbocycles. The number of nitriles is 2. The minimum Gasteiger partial charge on any atom is -0.497 e. The number of anilines is 1. The number of hydrogen-bond acceptors (Lipinski definition) is 4. The number of rotatable bonds is 4. The van der Waals surface area contributed by atoms with Gasteiger partial charge in [-0.2, -0.15) is 10.5 Å². The van der Waals surface area contributed by atoms with E-state index in [-0.39, 0.29) is 11.5 Å². The number of nitrogens with zero attached hydrogens (tertiary/aromatic N) is 2. The lowest BCUT2D eigenvalue weighted by atomic mass is 10.1. The molecule has 0 aliphatic rings. The van der Waals surface area contributed by atoms with E-state index < -0.39 is 0 Å². The normalized spacial score (nSPS) is 9.17. The summed E-state index contributed by atoms with van der Waals surface area (Å²) in [6.45, 7) is 0. The number of carbonyl (C=O) groups is 1. The standard InChI is InChI=1S/C18H13N3O2/c1-23-17-7-5-15(6-8-17)18(22)21-16-4-2-3-13(10-16)9-14(11-19)12-20/h2-10H,1H3,(H,21,22). The van der Waals surface area contributed by atoms with Crippen molar-refractivity contribution in [2.24, 2.45) is 0 Å². The van der Waals surface area contributed by atoms with Crippen LogP contribution in [0.4, 0.5) is 5.69 Å². The average Bonchev–Trinajstić information content (AvgIpc) is 2.60. The van der Waals surface area contributed by atoms with Gasteiger partial charge in [0.05, 0.1) is 7.11 Å². The van der Waals surface area contributed by atoms with Gasteiger partial charge in [0.2, 0.25) is 0 Å². The molecule has 2 aromatic rings. The number of benzene rings is 2. The predicted molar refractivity (Wildman–Crippen MR) is 86.6 cm³/mol. The topological polar surface area (TPSA) is 85.9 Å². The summed E-state index contributed by atoms with van der Waals surface area (Å²) < 4.78 is 5.05. The largest absolute Gasteiger partial charge is 0.497 e. The van der Waals surface area contributed by atoms with Gasteiger partial charge in [0.15, 0.2) is 0 Å². The summed E-state index contributed by atoms with van der Waals surface area (Å²) in [6.07, 6.45) is 1.46. The van der Waals surface area contributed by atoms with Crippen molar-refractivity contribution in [1.82, 2.24) is 0 Å². The first-order valence-corrected chi connectivity index (χ1v) is 6.73. The lowest BCUT2D eigenvalue weighted by Gasteiger charge is -2.07. The van der Waals surface area contributed by atoms with E-state index in [0.29, 0.717) is 22.6 Å². The summed E-state index contributed by atoms with van der Waals surface area (Å²) in [6, 6.07) is 17.3. The summed E-state index contributed by atoms with van der Waals surface area (Å²) in [5.74, 6) is 0.420. The molecule has 1 N–H and O–H groups in total. The maximum absolute atomic E-state index is 12.2. The van der Waals surface area contributed by atoms with E-state index in [2.05, 4.69) is 5.32 Å². The van der Waals surface area contributed by atoms with Gasteiger partial charge in [-0.15, -0.1) is 0 Å². The Kier molecular flexibility index (Phi) is 5.12. The minimum atomic E-state index is -0.255. The Morgan fingerprint density at radius 1 is 1.13 bits per heavy atom. The van der Waals surface area contributed by atoms with E-state index >= 15 is 0 Å². The lowest BCUT2D eigenvalue weighted by molar-refractivity contribution is 0.102. The van der Waals surface area contributed by atoms with Crippen LogP contribution in [0, 0.1) is 22.7 Å². The number of nitrogens with one attached hydrogen (secondary N) is 1. The first kappa shape index (κ1) is 15.8. The third-order valence-electron chi connectivity index (χ3n) is 3.05. The van der Waals surface area contributed by atoms with Crippen molar-refractivity contribution in [3.8, 4) is 17.9 Å². The Balaban J connectivity index is 2.17. The third-order valence-corrected chi connectivity index (χ3v) is 3.05. The maximum atomic E-state index is 12.2. The van der Waals surface area contributed by atoms with Gasteiger partial charge in [-0.25, -0.2) is 0 Å².